The van der Waals surface area contributed by atoms with E-state index in [1.165, 1.54) is 10.4 Å². The number of hydrogen-bond donors (Lipinski definition) is 1. The van der Waals surface area contributed by atoms with Gasteiger partial charge in [-0.1, -0.05) is 18.0 Å². The first-order chi connectivity index (χ1) is 12.9. The molecule has 1 fully saturated rings. The number of benzene rings is 1. The van der Waals surface area contributed by atoms with Gasteiger partial charge in [0.25, 0.3) is 5.91 Å². The molecular formula is C18H21ClN2O4S2. The Balaban J connectivity index is 1.91. The molecule has 0 unspecified atom stereocenters. The molecule has 1 aromatic carbocycles. The quantitative estimate of drug-likeness (QED) is 0.747. The first kappa shape index (κ1) is 20.1. The predicted molar refractivity (Wildman–Crippen MR) is 108 cm³/mol. The van der Waals surface area contributed by atoms with Crippen molar-refractivity contribution in [3.8, 4) is 5.75 Å². The summed E-state index contributed by atoms with van der Waals surface area (Å²) in [7, 11) is -3.70. The van der Waals surface area contributed by atoms with Gasteiger partial charge in [-0.05, 0) is 50.1 Å². The number of rotatable bonds is 6. The first-order valence-corrected chi connectivity index (χ1v) is 11.4. The van der Waals surface area contributed by atoms with Crippen molar-refractivity contribution in [2.24, 2.45) is 0 Å². The summed E-state index contributed by atoms with van der Waals surface area (Å²) in [6.45, 7) is 3.14. The van der Waals surface area contributed by atoms with E-state index in [0.29, 0.717) is 40.3 Å². The van der Waals surface area contributed by atoms with Crippen molar-refractivity contribution >= 4 is 44.6 Å². The fraction of sp³-hybridized carbons (Fsp3) is 0.389. The maximum absolute atomic E-state index is 13.1. The van der Waals surface area contributed by atoms with Crippen LogP contribution in [0, 0.1) is 0 Å². The van der Waals surface area contributed by atoms with E-state index in [1.807, 2.05) is 0 Å². The molecule has 0 spiro atoms. The van der Waals surface area contributed by atoms with Gasteiger partial charge in [0.15, 0.2) is 0 Å². The number of nitrogens with zero attached hydrogens (tertiary/aromatic N) is 1. The van der Waals surface area contributed by atoms with Crippen molar-refractivity contribution in [1.82, 2.24) is 4.31 Å². The van der Waals surface area contributed by atoms with Crippen molar-refractivity contribution in [1.29, 1.82) is 0 Å². The van der Waals surface area contributed by atoms with Gasteiger partial charge in [-0.25, -0.2) is 8.42 Å². The molecule has 3 rings (SSSR count). The molecule has 0 atom stereocenters. The number of piperidine rings is 1. The van der Waals surface area contributed by atoms with Crippen LogP contribution < -0.4 is 10.1 Å². The second kappa shape index (κ2) is 8.60. The van der Waals surface area contributed by atoms with E-state index in [2.05, 4.69) is 5.32 Å². The Morgan fingerprint density at radius 3 is 2.59 bits per heavy atom. The molecule has 1 aromatic heterocycles. The fourth-order valence-electron chi connectivity index (χ4n) is 2.94. The standard InChI is InChI=1S/C18H21ClN2O4S2/c1-2-25-14-7-6-13(20-18(22)15-8-9-17(19)26-15)12-16(14)27(23,24)21-10-4-3-5-11-21/h6-9,12H,2-5,10-11H2,1H3,(H,20,22). The molecule has 0 saturated carbocycles. The molecule has 1 aliphatic rings. The van der Waals surface area contributed by atoms with Crippen LogP contribution in [0.2, 0.25) is 4.34 Å². The predicted octanol–water partition coefficient (Wildman–Crippen LogP) is 4.23. The lowest BCUT2D eigenvalue weighted by Gasteiger charge is -2.27. The SMILES string of the molecule is CCOc1ccc(NC(=O)c2ccc(Cl)s2)cc1S(=O)(=O)N1CCCCC1. The Morgan fingerprint density at radius 2 is 1.96 bits per heavy atom. The largest absolute Gasteiger partial charge is 0.492 e. The second-order valence-corrected chi connectivity index (χ2v) is 9.74. The smallest absolute Gasteiger partial charge is 0.265 e. The zero-order valence-corrected chi connectivity index (χ0v) is 17.3. The summed E-state index contributed by atoms with van der Waals surface area (Å²) in [5.41, 5.74) is 0.392. The van der Waals surface area contributed by atoms with Crippen LogP contribution in [-0.2, 0) is 10.0 Å². The van der Waals surface area contributed by atoms with Crippen molar-refractivity contribution in [3.63, 3.8) is 0 Å². The summed E-state index contributed by atoms with van der Waals surface area (Å²) < 4.78 is 33.8. The van der Waals surface area contributed by atoms with E-state index in [4.69, 9.17) is 16.3 Å². The summed E-state index contributed by atoms with van der Waals surface area (Å²) in [5.74, 6) is -0.0439. The summed E-state index contributed by atoms with van der Waals surface area (Å²) in [5, 5.41) is 2.73. The number of amides is 1. The highest BCUT2D eigenvalue weighted by Gasteiger charge is 2.29. The number of ether oxygens (including phenoxy) is 1. The second-order valence-electron chi connectivity index (χ2n) is 6.12. The molecule has 0 aliphatic carbocycles. The number of carbonyl (C=O) groups excluding carboxylic acids is 1. The summed E-state index contributed by atoms with van der Waals surface area (Å²) in [6, 6.07) is 7.95. The third-order valence-corrected chi connectivity index (χ3v) is 7.38. The molecule has 27 heavy (non-hydrogen) atoms. The van der Waals surface area contributed by atoms with Crippen molar-refractivity contribution < 1.29 is 17.9 Å². The average molecular weight is 429 g/mol. The summed E-state index contributed by atoms with van der Waals surface area (Å²) >= 11 is 7.03. The van der Waals surface area contributed by atoms with Crippen LogP contribution in [0.1, 0.15) is 35.9 Å². The van der Waals surface area contributed by atoms with E-state index in [-0.39, 0.29) is 10.8 Å². The van der Waals surface area contributed by atoms with Crippen LogP contribution in [0.3, 0.4) is 0 Å². The van der Waals surface area contributed by atoms with E-state index in [9.17, 15) is 13.2 Å². The van der Waals surface area contributed by atoms with Gasteiger partial charge in [0.05, 0.1) is 15.8 Å². The molecule has 1 N–H and O–H groups in total. The molecule has 0 radical (unpaired) electrons. The minimum absolute atomic E-state index is 0.0771. The first-order valence-electron chi connectivity index (χ1n) is 8.75. The van der Waals surface area contributed by atoms with Gasteiger partial charge in [-0.3, -0.25) is 4.79 Å². The number of anilines is 1. The number of halogens is 1. The maximum atomic E-state index is 13.1. The highest BCUT2D eigenvalue weighted by molar-refractivity contribution is 7.89. The van der Waals surface area contributed by atoms with Crippen LogP contribution in [0.15, 0.2) is 35.2 Å². The lowest BCUT2D eigenvalue weighted by molar-refractivity contribution is 0.103. The highest BCUT2D eigenvalue weighted by Crippen LogP contribution is 2.32. The summed E-state index contributed by atoms with van der Waals surface area (Å²) in [6.07, 6.45) is 2.72. The van der Waals surface area contributed by atoms with Crippen LogP contribution in [0.4, 0.5) is 5.69 Å². The molecule has 146 valence electrons. The van der Waals surface area contributed by atoms with Crippen LogP contribution >= 0.6 is 22.9 Å². The van der Waals surface area contributed by atoms with Crippen LogP contribution in [0.25, 0.3) is 0 Å². The zero-order valence-electron chi connectivity index (χ0n) is 14.9. The van der Waals surface area contributed by atoms with E-state index < -0.39 is 10.0 Å². The number of thiophene rings is 1. The minimum Gasteiger partial charge on any atom is -0.492 e. The Kier molecular flexibility index (Phi) is 6.41. The van der Waals surface area contributed by atoms with E-state index in [1.54, 1.807) is 31.2 Å². The number of hydrogen-bond acceptors (Lipinski definition) is 5. The Labute approximate surface area is 168 Å². The van der Waals surface area contributed by atoms with Gasteiger partial charge in [-0.2, -0.15) is 4.31 Å². The van der Waals surface area contributed by atoms with Crippen LogP contribution in [0.5, 0.6) is 5.75 Å². The topological polar surface area (TPSA) is 75.7 Å². The molecule has 1 aliphatic heterocycles. The van der Waals surface area contributed by atoms with Crippen molar-refractivity contribution in [2.75, 3.05) is 25.0 Å². The van der Waals surface area contributed by atoms with Gasteiger partial charge in [0.2, 0.25) is 10.0 Å². The fourth-order valence-corrected chi connectivity index (χ4v) is 5.55. The number of carbonyl (C=O) groups is 1. The highest BCUT2D eigenvalue weighted by atomic mass is 35.5. The van der Waals surface area contributed by atoms with E-state index in [0.717, 1.165) is 30.6 Å². The van der Waals surface area contributed by atoms with E-state index >= 15 is 0 Å². The monoisotopic (exact) mass is 428 g/mol. The summed E-state index contributed by atoms with van der Waals surface area (Å²) in [4.78, 5) is 12.9. The van der Waals surface area contributed by atoms with Gasteiger partial charge >= 0.3 is 0 Å². The minimum atomic E-state index is -3.70. The Hall–Kier alpha value is -1.61. The third-order valence-electron chi connectivity index (χ3n) is 4.23. The van der Waals surface area contributed by atoms with Crippen molar-refractivity contribution in [2.45, 2.75) is 31.1 Å². The van der Waals surface area contributed by atoms with Gasteiger partial charge < -0.3 is 10.1 Å². The third kappa shape index (κ3) is 4.63. The lowest BCUT2D eigenvalue weighted by Crippen LogP contribution is -2.35. The molecule has 2 heterocycles. The average Bonchev–Trinajstić information content (AvgIpc) is 3.10. The molecular weight excluding hydrogens is 408 g/mol. The molecule has 6 nitrogen and oxygen atoms in total. The number of sulfonamides is 1. The van der Waals surface area contributed by atoms with Gasteiger partial charge in [0, 0.05) is 18.8 Å². The maximum Gasteiger partial charge on any atom is 0.265 e. The molecule has 1 saturated heterocycles. The van der Waals surface area contributed by atoms with Gasteiger partial charge in [-0.15, -0.1) is 11.3 Å². The zero-order chi connectivity index (χ0) is 19.4. The van der Waals surface area contributed by atoms with Crippen molar-refractivity contribution in [3.05, 3.63) is 39.5 Å². The molecule has 2 aromatic rings. The Bertz CT molecular complexity index is 921. The lowest BCUT2D eigenvalue weighted by atomic mass is 10.2. The van der Waals surface area contributed by atoms with Gasteiger partial charge in [0.1, 0.15) is 10.6 Å². The molecule has 9 heteroatoms. The molecule has 0 bridgehead atoms. The number of nitrogens with one attached hydrogen (secondary N) is 1. The Morgan fingerprint density at radius 1 is 1.22 bits per heavy atom. The normalized spacial score (nSPS) is 15.5. The van der Waals surface area contributed by atoms with Crippen LogP contribution in [-0.4, -0.2) is 38.3 Å². The molecule has 1 amide bonds.